The Morgan fingerprint density at radius 1 is 1.03 bits per heavy atom. The Kier molecular flexibility index (Phi) is 7.96. The first-order valence-corrected chi connectivity index (χ1v) is 12.7. The Balaban J connectivity index is 1.40. The van der Waals surface area contributed by atoms with Crippen LogP contribution in [0.15, 0.2) is 30.3 Å². The second-order valence-corrected chi connectivity index (χ2v) is 9.78. The van der Waals surface area contributed by atoms with Gasteiger partial charge in [0.25, 0.3) is 0 Å². The number of likely N-dealkylation sites (tertiary alicyclic amines) is 1. The lowest BCUT2D eigenvalue weighted by Crippen LogP contribution is -2.36. The van der Waals surface area contributed by atoms with E-state index in [2.05, 4.69) is 36.1 Å². The SMILES string of the molecule is CCOC(=O)C1CCN(Cc2ccc3ccc(O[C@H]4CC[C@@H](CC)CC4)c(Cl)c3c2)CC1. The molecule has 2 aromatic rings. The number of nitrogens with zero attached hydrogens (tertiary/aromatic N) is 1. The van der Waals surface area contributed by atoms with E-state index in [1.165, 1.54) is 24.8 Å². The summed E-state index contributed by atoms with van der Waals surface area (Å²) in [6.45, 7) is 7.31. The normalized spacial score (nSPS) is 22.7. The molecule has 1 heterocycles. The smallest absolute Gasteiger partial charge is 0.309 e. The number of hydrogen-bond acceptors (Lipinski definition) is 4. The van der Waals surface area contributed by atoms with E-state index in [9.17, 15) is 4.79 Å². The standard InChI is InChI=1S/C27H36ClNO3/c1-3-19-6-10-23(11-7-19)32-25-12-9-21-8-5-20(17-24(21)26(25)28)18-29-15-13-22(14-16-29)27(30)31-4-2/h5,8-9,12,17,19,22-23H,3-4,6-7,10-11,13-16,18H2,1-2H3/t19-,23+. The third kappa shape index (κ3) is 5.58. The van der Waals surface area contributed by atoms with Crippen LogP contribution in [0.5, 0.6) is 5.75 Å². The fourth-order valence-electron chi connectivity index (χ4n) is 5.18. The zero-order valence-corrected chi connectivity index (χ0v) is 20.2. The molecule has 4 nitrogen and oxygen atoms in total. The van der Waals surface area contributed by atoms with Crippen LogP contribution in [-0.4, -0.2) is 36.7 Å². The molecule has 2 aliphatic rings. The molecule has 4 rings (SSSR count). The number of carbonyl (C=O) groups excluding carboxylic acids is 1. The summed E-state index contributed by atoms with van der Waals surface area (Å²) in [6.07, 6.45) is 8.02. The molecule has 174 valence electrons. The van der Waals surface area contributed by atoms with Crippen LogP contribution in [0.4, 0.5) is 0 Å². The van der Waals surface area contributed by atoms with Crippen LogP contribution >= 0.6 is 11.6 Å². The number of hydrogen-bond donors (Lipinski definition) is 0. The number of rotatable bonds is 7. The predicted octanol–water partition coefficient (Wildman–Crippen LogP) is 6.62. The van der Waals surface area contributed by atoms with Crippen molar-refractivity contribution < 1.29 is 14.3 Å². The summed E-state index contributed by atoms with van der Waals surface area (Å²) in [5.74, 6) is 1.67. The molecule has 0 radical (unpaired) electrons. The van der Waals surface area contributed by atoms with E-state index in [1.807, 2.05) is 13.0 Å². The fourth-order valence-corrected chi connectivity index (χ4v) is 5.45. The van der Waals surface area contributed by atoms with Gasteiger partial charge in [0.15, 0.2) is 0 Å². The van der Waals surface area contributed by atoms with Crippen LogP contribution in [0.25, 0.3) is 10.8 Å². The molecule has 0 atom stereocenters. The summed E-state index contributed by atoms with van der Waals surface area (Å²) in [5, 5.41) is 2.93. The van der Waals surface area contributed by atoms with Gasteiger partial charge in [-0.3, -0.25) is 9.69 Å². The maximum atomic E-state index is 12.0. The first-order valence-electron chi connectivity index (χ1n) is 12.3. The van der Waals surface area contributed by atoms with Crippen molar-refractivity contribution in [1.82, 2.24) is 4.90 Å². The average molecular weight is 458 g/mol. The highest BCUT2D eigenvalue weighted by Crippen LogP contribution is 2.37. The highest BCUT2D eigenvalue weighted by Gasteiger charge is 2.26. The van der Waals surface area contributed by atoms with Gasteiger partial charge in [0.2, 0.25) is 0 Å². The second-order valence-electron chi connectivity index (χ2n) is 9.40. The highest BCUT2D eigenvalue weighted by molar-refractivity contribution is 6.37. The summed E-state index contributed by atoms with van der Waals surface area (Å²) in [4.78, 5) is 14.4. The third-order valence-electron chi connectivity index (χ3n) is 7.26. The van der Waals surface area contributed by atoms with E-state index in [-0.39, 0.29) is 18.0 Å². The average Bonchev–Trinajstić information content (AvgIpc) is 2.82. The Morgan fingerprint density at radius 3 is 2.44 bits per heavy atom. The van der Waals surface area contributed by atoms with Crippen molar-refractivity contribution in [2.24, 2.45) is 11.8 Å². The summed E-state index contributed by atoms with van der Waals surface area (Å²) in [6, 6.07) is 10.7. The number of fused-ring (bicyclic) bond motifs is 1. The highest BCUT2D eigenvalue weighted by atomic mass is 35.5. The molecule has 1 saturated heterocycles. The lowest BCUT2D eigenvalue weighted by molar-refractivity contribution is -0.149. The minimum atomic E-state index is -0.0413. The number of esters is 1. The van der Waals surface area contributed by atoms with Crippen LogP contribution < -0.4 is 4.74 Å². The summed E-state index contributed by atoms with van der Waals surface area (Å²) >= 11 is 6.83. The molecule has 1 aliphatic carbocycles. The van der Waals surface area contributed by atoms with Gasteiger partial charge in [-0.05, 0) is 87.5 Å². The Morgan fingerprint density at radius 2 is 1.75 bits per heavy atom. The van der Waals surface area contributed by atoms with E-state index >= 15 is 0 Å². The molecule has 0 spiro atoms. The molecule has 2 fully saturated rings. The van der Waals surface area contributed by atoms with Crippen LogP contribution in [-0.2, 0) is 16.1 Å². The molecule has 32 heavy (non-hydrogen) atoms. The molecule has 0 aromatic heterocycles. The van der Waals surface area contributed by atoms with E-state index < -0.39 is 0 Å². The van der Waals surface area contributed by atoms with Crippen LogP contribution in [0.2, 0.25) is 5.02 Å². The fraction of sp³-hybridized carbons (Fsp3) is 0.593. The maximum Gasteiger partial charge on any atom is 0.309 e. The molecule has 0 bridgehead atoms. The van der Waals surface area contributed by atoms with Gasteiger partial charge in [-0.2, -0.15) is 0 Å². The van der Waals surface area contributed by atoms with Crippen molar-refractivity contribution in [1.29, 1.82) is 0 Å². The van der Waals surface area contributed by atoms with Crippen molar-refractivity contribution in [3.63, 3.8) is 0 Å². The predicted molar refractivity (Wildman–Crippen MR) is 130 cm³/mol. The van der Waals surface area contributed by atoms with Gasteiger partial charge in [0, 0.05) is 11.9 Å². The molecule has 1 aliphatic heterocycles. The number of benzene rings is 2. The van der Waals surface area contributed by atoms with Gasteiger partial charge in [-0.15, -0.1) is 0 Å². The van der Waals surface area contributed by atoms with Gasteiger partial charge >= 0.3 is 5.97 Å². The van der Waals surface area contributed by atoms with Crippen LogP contribution in [0.3, 0.4) is 0 Å². The van der Waals surface area contributed by atoms with Crippen molar-refractivity contribution in [3.05, 3.63) is 40.9 Å². The maximum absolute atomic E-state index is 12.0. The zero-order valence-electron chi connectivity index (χ0n) is 19.4. The molecule has 2 aromatic carbocycles. The van der Waals surface area contributed by atoms with E-state index in [1.54, 1.807) is 0 Å². The number of halogens is 1. The van der Waals surface area contributed by atoms with Gasteiger partial charge < -0.3 is 9.47 Å². The van der Waals surface area contributed by atoms with Crippen molar-refractivity contribution in [2.75, 3.05) is 19.7 Å². The topological polar surface area (TPSA) is 38.8 Å². The summed E-state index contributed by atoms with van der Waals surface area (Å²) < 4.78 is 11.5. The first-order chi connectivity index (χ1) is 15.6. The van der Waals surface area contributed by atoms with Gasteiger partial charge in [-0.25, -0.2) is 0 Å². The lowest BCUT2D eigenvalue weighted by Gasteiger charge is -2.31. The van der Waals surface area contributed by atoms with E-state index in [0.29, 0.717) is 6.61 Å². The zero-order chi connectivity index (χ0) is 22.5. The number of carbonyl (C=O) groups is 1. The third-order valence-corrected chi connectivity index (χ3v) is 7.65. The number of ether oxygens (including phenoxy) is 2. The van der Waals surface area contributed by atoms with Gasteiger partial charge in [0.1, 0.15) is 5.75 Å². The van der Waals surface area contributed by atoms with Crippen molar-refractivity contribution in [2.45, 2.75) is 71.4 Å². The summed E-state index contributed by atoms with van der Waals surface area (Å²) in [5.41, 5.74) is 1.24. The first kappa shape index (κ1) is 23.4. The van der Waals surface area contributed by atoms with E-state index in [0.717, 1.165) is 72.8 Å². The molecule has 0 N–H and O–H groups in total. The molecule has 0 unspecified atom stereocenters. The number of piperidine rings is 1. The van der Waals surface area contributed by atoms with Crippen molar-refractivity contribution in [3.8, 4) is 5.75 Å². The largest absolute Gasteiger partial charge is 0.489 e. The minimum Gasteiger partial charge on any atom is -0.489 e. The summed E-state index contributed by atoms with van der Waals surface area (Å²) in [7, 11) is 0. The minimum absolute atomic E-state index is 0.0413. The van der Waals surface area contributed by atoms with Gasteiger partial charge in [-0.1, -0.05) is 43.1 Å². The Labute approximate surface area is 197 Å². The molecule has 0 amide bonds. The molecular formula is C27H36ClNO3. The van der Waals surface area contributed by atoms with Crippen molar-refractivity contribution >= 4 is 28.3 Å². The second kappa shape index (κ2) is 10.9. The van der Waals surface area contributed by atoms with Crippen LogP contribution in [0.1, 0.15) is 64.4 Å². The molecule has 5 heteroatoms. The Bertz CT molecular complexity index is 915. The molecule has 1 saturated carbocycles. The Hall–Kier alpha value is -1.78. The monoisotopic (exact) mass is 457 g/mol. The van der Waals surface area contributed by atoms with Crippen LogP contribution in [0, 0.1) is 11.8 Å². The molecular weight excluding hydrogens is 422 g/mol. The quantitative estimate of drug-likeness (QED) is 0.438. The lowest BCUT2D eigenvalue weighted by atomic mass is 9.86. The van der Waals surface area contributed by atoms with E-state index in [4.69, 9.17) is 21.1 Å². The van der Waals surface area contributed by atoms with Gasteiger partial charge in [0.05, 0.1) is 23.7 Å².